The number of likely N-dealkylation sites (N-methyl/N-ethyl adjacent to an activating group) is 1. The number of carbonyl (C=O) groups excluding carboxylic acids is 2. The van der Waals surface area contributed by atoms with Gasteiger partial charge in [0.15, 0.2) is 0 Å². The maximum absolute atomic E-state index is 12.0. The van der Waals surface area contributed by atoms with E-state index in [9.17, 15) is 9.59 Å². The van der Waals surface area contributed by atoms with Crippen molar-refractivity contribution in [2.24, 2.45) is 0 Å². The highest BCUT2D eigenvalue weighted by Crippen LogP contribution is 2.22. The largest absolute Gasteiger partial charge is 0.444 e. The topological polar surface area (TPSA) is 79.5 Å². The first kappa shape index (κ1) is 22.9. The Hall–Kier alpha value is -0.0900. The molecule has 0 aromatic heterocycles. The standard InChI is InChI=1S/C14H29N3O3S3/c1-14(2,3)20-13(19)17-7-9-22-23-10-11(16-5)12(18)21-8-6-15-4/h11,15-16H,6-10H2,1-5H3,(H,17,19). The van der Waals surface area contributed by atoms with Crippen LogP contribution in [0, 0.1) is 0 Å². The molecular weight excluding hydrogens is 354 g/mol. The van der Waals surface area contributed by atoms with Crippen molar-refractivity contribution in [3.8, 4) is 0 Å². The monoisotopic (exact) mass is 383 g/mol. The Kier molecular flexibility index (Phi) is 13.2. The zero-order chi connectivity index (χ0) is 17.7. The molecule has 0 aromatic rings. The summed E-state index contributed by atoms with van der Waals surface area (Å²) in [4.78, 5) is 23.4. The fraction of sp³-hybridized carbons (Fsp3) is 0.857. The molecule has 136 valence electrons. The molecule has 9 heteroatoms. The molecule has 6 nitrogen and oxygen atoms in total. The second-order valence-electron chi connectivity index (χ2n) is 5.65. The molecule has 0 aliphatic carbocycles. The first-order valence-electron chi connectivity index (χ1n) is 7.50. The highest BCUT2D eigenvalue weighted by atomic mass is 33.1. The molecule has 0 aliphatic heterocycles. The van der Waals surface area contributed by atoms with Crippen LogP contribution < -0.4 is 16.0 Å². The van der Waals surface area contributed by atoms with Crippen molar-refractivity contribution in [1.29, 1.82) is 0 Å². The van der Waals surface area contributed by atoms with Crippen molar-refractivity contribution in [3.63, 3.8) is 0 Å². The Morgan fingerprint density at radius 3 is 2.35 bits per heavy atom. The van der Waals surface area contributed by atoms with Gasteiger partial charge in [0.2, 0.25) is 5.12 Å². The molecule has 1 atom stereocenters. The van der Waals surface area contributed by atoms with E-state index in [0.29, 0.717) is 12.3 Å². The minimum Gasteiger partial charge on any atom is -0.444 e. The van der Waals surface area contributed by atoms with E-state index in [0.717, 1.165) is 18.1 Å². The summed E-state index contributed by atoms with van der Waals surface area (Å²) in [5, 5.41) is 8.95. The second kappa shape index (κ2) is 13.2. The molecule has 23 heavy (non-hydrogen) atoms. The number of alkyl carbamates (subject to hydrolysis) is 1. The van der Waals surface area contributed by atoms with Gasteiger partial charge in [0.25, 0.3) is 0 Å². The van der Waals surface area contributed by atoms with E-state index < -0.39 is 11.7 Å². The van der Waals surface area contributed by atoms with Gasteiger partial charge in [0.05, 0.1) is 6.04 Å². The third kappa shape index (κ3) is 14.0. The fourth-order valence-electron chi connectivity index (χ4n) is 1.31. The van der Waals surface area contributed by atoms with Gasteiger partial charge >= 0.3 is 6.09 Å². The minimum atomic E-state index is -0.475. The summed E-state index contributed by atoms with van der Waals surface area (Å²) in [6, 6.07) is -0.145. The Balaban J connectivity index is 3.72. The maximum Gasteiger partial charge on any atom is 0.407 e. The summed E-state index contributed by atoms with van der Waals surface area (Å²) in [6.45, 7) is 6.87. The van der Waals surface area contributed by atoms with E-state index in [2.05, 4.69) is 16.0 Å². The summed E-state index contributed by atoms with van der Waals surface area (Å²) in [5.41, 5.74) is -0.475. The fourth-order valence-corrected chi connectivity index (χ4v) is 4.48. The van der Waals surface area contributed by atoms with Crippen LogP contribution in [0.1, 0.15) is 20.8 Å². The van der Waals surface area contributed by atoms with Crippen LogP contribution in [-0.2, 0) is 9.53 Å². The van der Waals surface area contributed by atoms with Crippen molar-refractivity contribution >= 4 is 44.6 Å². The molecule has 0 saturated carbocycles. The van der Waals surface area contributed by atoms with Gasteiger partial charge in [-0.25, -0.2) is 4.79 Å². The molecule has 0 spiro atoms. The van der Waals surface area contributed by atoms with Gasteiger partial charge < -0.3 is 20.7 Å². The lowest BCUT2D eigenvalue weighted by atomic mass is 10.2. The predicted molar refractivity (Wildman–Crippen MR) is 103 cm³/mol. The third-order valence-corrected chi connectivity index (χ3v) is 5.79. The van der Waals surface area contributed by atoms with Gasteiger partial charge in [-0.1, -0.05) is 33.3 Å². The first-order valence-corrected chi connectivity index (χ1v) is 11.0. The van der Waals surface area contributed by atoms with Crippen LogP contribution in [-0.4, -0.2) is 67.3 Å². The Morgan fingerprint density at radius 2 is 1.78 bits per heavy atom. The van der Waals surface area contributed by atoms with Gasteiger partial charge in [0.1, 0.15) is 5.60 Å². The normalized spacial score (nSPS) is 12.7. The average molecular weight is 384 g/mol. The third-order valence-electron chi connectivity index (χ3n) is 2.40. The number of rotatable bonds is 11. The first-order chi connectivity index (χ1) is 10.8. The number of carbonyl (C=O) groups is 2. The van der Waals surface area contributed by atoms with Gasteiger partial charge in [-0.15, -0.1) is 0 Å². The van der Waals surface area contributed by atoms with Crippen molar-refractivity contribution in [1.82, 2.24) is 16.0 Å². The van der Waals surface area contributed by atoms with Gasteiger partial charge in [-0.05, 0) is 34.9 Å². The Bertz CT molecular complexity index is 352. The molecule has 3 N–H and O–H groups in total. The van der Waals surface area contributed by atoms with Crippen LogP contribution in [0.15, 0.2) is 0 Å². The van der Waals surface area contributed by atoms with E-state index in [-0.39, 0.29) is 11.2 Å². The van der Waals surface area contributed by atoms with E-state index in [1.807, 2.05) is 27.8 Å². The summed E-state index contributed by atoms with van der Waals surface area (Å²) >= 11 is 1.35. The van der Waals surface area contributed by atoms with Crippen LogP contribution in [0.4, 0.5) is 4.79 Å². The van der Waals surface area contributed by atoms with Gasteiger partial charge in [-0.3, -0.25) is 4.79 Å². The number of hydrogen-bond donors (Lipinski definition) is 3. The molecule has 0 bridgehead atoms. The molecule has 0 heterocycles. The summed E-state index contributed by atoms with van der Waals surface area (Å²) in [6.07, 6.45) is -0.396. The van der Waals surface area contributed by atoms with Crippen LogP contribution in [0.3, 0.4) is 0 Å². The number of ether oxygens (including phenoxy) is 1. The number of hydrogen-bond acceptors (Lipinski definition) is 8. The quantitative estimate of drug-likeness (QED) is 0.369. The van der Waals surface area contributed by atoms with E-state index >= 15 is 0 Å². The summed E-state index contributed by atoms with van der Waals surface area (Å²) < 4.78 is 5.15. The lowest BCUT2D eigenvalue weighted by Gasteiger charge is -2.19. The predicted octanol–water partition coefficient (Wildman–Crippen LogP) is 1.96. The van der Waals surface area contributed by atoms with Crippen LogP contribution in [0.2, 0.25) is 0 Å². The SMILES string of the molecule is CNCCSC(=O)C(CSSCCNC(=O)OC(C)(C)C)NC. The van der Waals surface area contributed by atoms with Crippen LogP contribution in [0.25, 0.3) is 0 Å². The molecule has 0 rings (SSSR count). The average Bonchev–Trinajstić information content (AvgIpc) is 2.44. The number of thioether (sulfide) groups is 1. The molecule has 0 aromatic carbocycles. The Morgan fingerprint density at radius 1 is 1.09 bits per heavy atom. The molecule has 1 unspecified atom stereocenters. The van der Waals surface area contributed by atoms with Crippen molar-refractivity contribution in [2.45, 2.75) is 32.4 Å². The molecule has 0 aliphatic rings. The van der Waals surface area contributed by atoms with Crippen molar-refractivity contribution < 1.29 is 14.3 Å². The summed E-state index contributed by atoms with van der Waals surface area (Å²) in [7, 11) is 6.94. The van der Waals surface area contributed by atoms with Crippen LogP contribution >= 0.6 is 33.3 Å². The van der Waals surface area contributed by atoms with E-state index in [1.54, 1.807) is 28.6 Å². The van der Waals surface area contributed by atoms with E-state index in [1.165, 1.54) is 11.8 Å². The van der Waals surface area contributed by atoms with Gasteiger partial charge in [0, 0.05) is 30.3 Å². The van der Waals surface area contributed by atoms with Gasteiger partial charge in [-0.2, -0.15) is 0 Å². The molecule has 0 fully saturated rings. The zero-order valence-corrected chi connectivity index (χ0v) is 17.0. The number of nitrogens with one attached hydrogen (secondary N) is 3. The minimum absolute atomic E-state index is 0.145. The second-order valence-corrected chi connectivity index (χ2v) is 9.37. The van der Waals surface area contributed by atoms with Crippen molar-refractivity contribution in [3.05, 3.63) is 0 Å². The molecule has 0 radical (unpaired) electrons. The maximum atomic E-state index is 12.0. The lowest BCUT2D eigenvalue weighted by Crippen LogP contribution is -2.35. The molecule has 0 saturated heterocycles. The molecular formula is C14H29N3O3S3. The highest BCUT2D eigenvalue weighted by Gasteiger charge is 2.17. The Labute approximate surface area is 151 Å². The summed E-state index contributed by atoms with van der Waals surface area (Å²) in [5.74, 6) is 2.26. The van der Waals surface area contributed by atoms with E-state index in [4.69, 9.17) is 4.74 Å². The molecule has 1 amide bonds. The van der Waals surface area contributed by atoms with Crippen molar-refractivity contribution in [2.75, 3.05) is 44.4 Å². The number of amides is 1. The zero-order valence-electron chi connectivity index (χ0n) is 14.6. The van der Waals surface area contributed by atoms with Crippen LogP contribution in [0.5, 0.6) is 0 Å². The smallest absolute Gasteiger partial charge is 0.407 e. The highest BCUT2D eigenvalue weighted by molar-refractivity contribution is 8.76. The lowest BCUT2D eigenvalue weighted by molar-refractivity contribution is -0.112.